The van der Waals surface area contributed by atoms with Crippen molar-refractivity contribution < 1.29 is 19.8 Å². The summed E-state index contributed by atoms with van der Waals surface area (Å²) in [7, 11) is 0. The van der Waals surface area contributed by atoms with Crippen molar-refractivity contribution in [3.8, 4) is 0 Å². The number of carboxylic acid groups (broad SMARTS) is 1. The fraction of sp³-hybridized carbons (Fsp3) is 0.545. The maximum absolute atomic E-state index is 11.4. The zero-order valence-electron chi connectivity index (χ0n) is 10.6. The van der Waals surface area contributed by atoms with Crippen molar-refractivity contribution in [1.29, 1.82) is 0 Å². The van der Waals surface area contributed by atoms with Crippen molar-refractivity contribution in [2.45, 2.75) is 32.0 Å². The topological polar surface area (TPSA) is 116 Å². The molecule has 0 saturated carbocycles. The number of carbonyl (C=O) groups is 2. The van der Waals surface area contributed by atoms with E-state index in [0.29, 0.717) is 19.5 Å². The van der Waals surface area contributed by atoms with E-state index in [0.717, 1.165) is 0 Å². The van der Waals surface area contributed by atoms with Gasteiger partial charge in [0.15, 0.2) is 6.04 Å². The van der Waals surface area contributed by atoms with Crippen LogP contribution in [0.2, 0.25) is 0 Å². The molecule has 2 unspecified atom stereocenters. The molecule has 0 spiro atoms. The number of aromatic nitrogens is 2. The van der Waals surface area contributed by atoms with E-state index in [-0.39, 0.29) is 0 Å². The van der Waals surface area contributed by atoms with Crippen LogP contribution in [0.3, 0.4) is 0 Å². The number of nitrogens with one attached hydrogen (secondary N) is 2. The van der Waals surface area contributed by atoms with Crippen LogP contribution in [0.5, 0.6) is 0 Å². The van der Waals surface area contributed by atoms with Gasteiger partial charge in [0.25, 0.3) is 0 Å². The van der Waals surface area contributed by atoms with Crippen molar-refractivity contribution in [2.75, 3.05) is 6.54 Å². The number of hydrogen-bond acceptors (Lipinski definition) is 4. The fourth-order valence-electron chi connectivity index (χ4n) is 1.46. The molecule has 0 saturated heterocycles. The second kappa shape index (κ2) is 7.37. The Morgan fingerprint density at radius 2 is 2.21 bits per heavy atom. The molecule has 1 aromatic heterocycles. The van der Waals surface area contributed by atoms with E-state index in [1.165, 1.54) is 6.92 Å². The van der Waals surface area contributed by atoms with E-state index in [2.05, 4.69) is 15.6 Å². The summed E-state index contributed by atoms with van der Waals surface area (Å²) in [6.07, 6.45) is 4.69. The Balaban J connectivity index is 2.21. The first kappa shape index (κ1) is 15.0. The molecular weight excluding hydrogens is 252 g/mol. The normalized spacial score (nSPS) is 13.6. The van der Waals surface area contributed by atoms with E-state index in [1.54, 1.807) is 12.5 Å². The summed E-state index contributed by atoms with van der Waals surface area (Å²) >= 11 is 0. The molecule has 8 nitrogen and oxygen atoms in total. The van der Waals surface area contributed by atoms with E-state index in [4.69, 9.17) is 5.11 Å². The highest BCUT2D eigenvalue weighted by atomic mass is 16.4. The fourth-order valence-corrected chi connectivity index (χ4v) is 1.46. The van der Waals surface area contributed by atoms with Crippen LogP contribution in [0.4, 0.5) is 4.79 Å². The number of urea groups is 1. The zero-order chi connectivity index (χ0) is 14.3. The van der Waals surface area contributed by atoms with Gasteiger partial charge in [-0.2, -0.15) is 0 Å². The molecule has 2 amide bonds. The van der Waals surface area contributed by atoms with Crippen LogP contribution in [0, 0.1) is 0 Å². The number of imidazole rings is 1. The van der Waals surface area contributed by atoms with E-state index < -0.39 is 24.1 Å². The molecule has 106 valence electrons. The molecule has 4 N–H and O–H groups in total. The van der Waals surface area contributed by atoms with Crippen molar-refractivity contribution in [1.82, 2.24) is 20.2 Å². The molecule has 0 bridgehead atoms. The highest BCUT2D eigenvalue weighted by Gasteiger charge is 2.24. The monoisotopic (exact) mass is 270 g/mol. The van der Waals surface area contributed by atoms with Gasteiger partial charge in [-0.25, -0.2) is 14.6 Å². The minimum atomic E-state index is -1.31. The number of nitrogens with zero attached hydrogens (tertiary/aromatic N) is 2. The summed E-state index contributed by atoms with van der Waals surface area (Å²) in [5.74, 6) is -1.27. The average Bonchev–Trinajstić information content (AvgIpc) is 2.84. The molecule has 0 aliphatic rings. The third-order valence-electron chi connectivity index (χ3n) is 2.47. The first-order valence-corrected chi connectivity index (χ1v) is 5.91. The summed E-state index contributed by atoms with van der Waals surface area (Å²) in [5.41, 5.74) is 0. The lowest BCUT2D eigenvalue weighted by Crippen LogP contribution is -2.51. The van der Waals surface area contributed by atoms with Gasteiger partial charge in [-0.3, -0.25) is 0 Å². The molecule has 0 aliphatic heterocycles. The number of rotatable bonds is 7. The van der Waals surface area contributed by atoms with Crippen molar-refractivity contribution in [3.63, 3.8) is 0 Å². The number of carboxylic acids is 1. The molecule has 19 heavy (non-hydrogen) atoms. The highest BCUT2D eigenvalue weighted by Crippen LogP contribution is 1.93. The Bertz CT molecular complexity index is 405. The van der Waals surface area contributed by atoms with E-state index in [9.17, 15) is 14.7 Å². The molecule has 0 aromatic carbocycles. The van der Waals surface area contributed by atoms with Gasteiger partial charge in [-0.15, -0.1) is 0 Å². The molecule has 0 fully saturated rings. The Kier molecular flexibility index (Phi) is 5.80. The predicted molar refractivity (Wildman–Crippen MR) is 66.5 cm³/mol. The smallest absolute Gasteiger partial charge is 0.328 e. The summed E-state index contributed by atoms with van der Waals surface area (Å²) in [4.78, 5) is 26.0. The van der Waals surface area contributed by atoms with Crippen LogP contribution in [0.1, 0.15) is 13.3 Å². The van der Waals surface area contributed by atoms with Crippen LogP contribution < -0.4 is 10.6 Å². The minimum Gasteiger partial charge on any atom is -0.480 e. The minimum absolute atomic E-state index is 0.399. The number of aryl methyl sites for hydroxylation is 1. The average molecular weight is 270 g/mol. The SMILES string of the molecule is CC(O)C(NC(=O)NCCCn1ccnc1)C(=O)O. The number of hydrogen-bond donors (Lipinski definition) is 4. The second-order valence-electron chi connectivity index (χ2n) is 4.11. The molecule has 0 radical (unpaired) electrons. The molecule has 1 rings (SSSR count). The predicted octanol–water partition coefficient (Wildman–Crippen LogP) is -0.594. The third-order valence-corrected chi connectivity index (χ3v) is 2.47. The summed E-state index contributed by atoms with van der Waals surface area (Å²) in [6.45, 7) is 2.41. The van der Waals surface area contributed by atoms with Gasteiger partial charge in [-0.05, 0) is 13.3 Å². The number of aliphatic hydroxyl groups is 1. The zero-order valence-corrected chi connectivity index (χ0v) is 10.6. The highest BCUT2D eigenvalue weighted by molar-refractivity contribution is 5.82. The Morgan fingerprint density at radius 3 is 2.74 bits per heavy atom. The number of aliphatic hydroxyl groups excluding tert-OH is 1. The first-order valence-electron chi connectivity index (χ1n) is 5.91. The van der Waals surface area contributed by atoms with Gasteiger partial charge < -0.3 is 25.4 Å². The third kappa shape index (κ3) is 5.38. The number of aliphatic carboxylic acids is 1. The molecule has 1 heterocycles. The second-order valence-corrected chi connectivity index (χ2v) is 4.11. The van der Waals surface area contributed by atoms with Crippen LogP contribution in [-0.4, -0.2) is 50.5 Å². The van der Waals surface area contributed by atoms with Crippen molar-refractivity contribution in [2.24, 2.45) is 0 Å². The number of carbonyl (C=O) groups excluding carboxylic acids is 1. The Hall–Kier alpha value is -2.09. The van der Waals surface area contributed by atoms with Gasteiger partial charge >= 0.3 is 12.0 Å². The Labute approximate surface area is 110 Å². The van der Waals surface area contributed by atoms with Crippen LogP contribution >= 0.6 is 0 Å². The largest absolute Gasteiger partial charge is 0.480 e. The Morgan fingerprint density at radius 1 is 1.47 bits per heavy atom. The lowest BCUT2D eigenvalue weighted by Gasteiger charge is -2.17. The van der Waals surface area contributed by atoms with E-state index in [1.807, 2.05) is 10.8 Å². The lowest BCUT2D eigenvalue weighted by atomic mass is 10.2. The van der Waals surface area contributed by atoms with E-state index >= 15 is 0 Å². The van der Waals surface area contributed by atoms with Crippen LogP contribution in [-0.2, 0) is 11.3 Å². The van der Waals surface area contributed by atoms with Crippen LogP contribution in [0.25, 0.3) is 0 Å². The van der Waals surface area contributed by atoms with Gasteiger partial charge in [0.2, 0.25) is 0 Å². The molecule has 0 aliphatic carbocycles. The molecule has 8 heteroatoms. The van der Waals surface area contributed by atoms with Gasteiger partial charge in [0.1, 0.15) is 0 Å². The summed E-state index contributed by atoms with van der Waals surface area (Å²) in [5, 5.41) is 22.7. The van der Waals surface area contributed by atoms with Gasteiger partial charge in [0, 0.05) is 25.5 Å². The summed E-state index contributed by atoms with van der Waals surface area (Å²) in [6, 6.07) is -1.92. The van der Waals surface area contributed by atoms with Gasteiger partial charge in [0.05, 0.1) is 12.4 Å². The standard InChI is InChI=1S/C11H18N4O4/c1-8(16)9(10(17)18)14-11(19)13-3-2-5-15-6-4-12-7-15/h4,6-9,16H,2-3,5H2,1H3,(H,17,18)(H2,13,14,19). The molecule has 2 atom stereocenters. The molecule has 1 aromatic rings. The van der Waals surface area contributed by atoms with Crippen molar-refractivity contribution in [3.05, 3.63) is 18.7 Å². The van der Waals surface area contributed by atoms with Crippen LogP contribution in [0.15, 0.2) is 18.7 Å². The van der Waals surface area contributed by atoms with Crippen molar-refractivity contribution >= 4 is 12.0 Å². The maximum atomic E-state index is 11.4. The maximum Gasteiger partial charge on any atom is 0.328 e. The first-order chi connectivity index (χ1) is 9.00. The molecular formula is C11H18N4O4. The lowest BCUT2D eigenvalue weighted by molar-refractivity contribution is -0.141. The van der Waals surface area contributed by atoms with Gasteiger partial charge in [-0.1, -0.05) is 0 Å². The summed E-state index contributed by atoms with van der Waals surface area (Å²) < 4.78 is 1.87. The quantitative estimate of drug-likeness (QED) is 0.494. The number of amides is 2.